The van der Waals surface area contributed by atoms with Crippen LogP contribution in [0.25, 0.3) is 0 Å². The van der Waals surface area contributed by atoms with Crippen LogP contribution in [-0.2, 0) is 16.4 Å². The standard InChI is InChI=1S/C12H21N5O2S/c1-2-8-15-12(17-13)16-9-7-10-3-5-11(6-4-10)20(14,18)19/h3-6H,2,7-9,13H2,1H3,(H2,14,18,19)(H2,15,16,17). The lowest BCUT2D eigenvalue weighted by atomic mass is 10.1. The summed E-state index contributed by atoms with van der Waals surface area (Å²) in [7, 11) is -3.63. The number of hydrogen-bond donors (Lipinski definition) is 4. The molecule has 0 aliphatic carbocycles. The first-order valence-electron chi connectivity index (χ1n) is 6.34. The van der Waals surface area contributed by atoms with Gasteiger partial charge in [0, 0.05) is 13.1 Å². The van der Waals surface area contributed by atoms with Crippen LogP contribution in [0.1, 0.15) is 18.9 Å². The smallest absolute Gasteiger partial charge is 0.238 e. The summed E-state index contributed by atoms with van der Waals surface area (Å²) in [6, 6.07) is 6.47. The third kappa shape index (κ3) is 5.55. The molecule has 0 heterocycles. The van der Waals surface area contributed by atoms with Gasteiger partial charge in [0.05, 0.1) is 4.90 Å². The van der Waals surface area contributed by atoms with Gasteiger partial charge in [0.2, 0.25) is 16.0 Å². The van der Waals surface area contributed by atoms with Crippen LogP contribution >= 0.6 is 0 Å². The Morgan fingerprint density at radius 3 is 2.45 bits per heavy atom. The van der Waals surface area contributed by atoms with Crippen LogP contribution in [0.4, 0.5) is 0 Å². The van der Waals surface area contributed by atoms with E-state index in [-0.39, 0.29) is 4.90 Å². The average Bonchev–Trinajstić information content (AvgIpc) is 2.42. The Morgan fingerprint density at radius 1 is 1.30 bits per heavy atom. The topological polar surface area (TPSA) is 123 Å². The molecule has 8 heteroatoms. The molecule has 6 N–H and O–H groups in total. The zero-order valence-electron chi connectivity index (χ0n) is 11.5. The van der Waals surface area contributed by atoms with Crippen LogP contribution in [-0.4, -0.2) is 27.5 Å². The van der Waals surface area contributed by atoms with Gasteiger partial charge >= 0.3 is 0 Å². The first-order chi connectivity index (χ1) is 9.47. The van der Waals surface area contributed by atoms with Crippen LogP contribution in [0.15, 0.2) is 34.2 Å². The van der Waals surface area contributed by atoms with Gasteiger partial charge in [-0.05, 0) is 30.5 Å². The minimum atomic E-state index is -3.63. The zero-order valence-corrected chi connectivity index (χ0v) is 12.3. The summed E-state index contributed by atoms with van der Waals surface area (Å²) >= 11 is 0. The summed E-state index contributed by atoms with van der Waals surface area (Å²) in [5, 5.41) is 8.10. The van der Waals surface area contributed by atoms with Gasteiger partial charge in [0.15, 0.2) is 0 Å². The molecular formula is C12H21N5O2S. The number of nitrogens with one attached hydrogen (secondary N) is 2. The first-order valence-corrected chi connectivity index (χ1v) is 7.88. The van der Waals surface area contributed by atoms with Crippen molar-refractivity contribution in [1.29, 1.82) is 0 Å². The zero-order chi connectivity index (χ0) is 15.0. The number of sulfonamides is 1. The molecule has 112 valence electrons. The fraction of sp³-hybridized carbons (Fsp3) is 0.417. The molecule has 0 aliphatic heterocycles. The lowest BCUT2D eigenvalue weighted by molar-refractivity contribution is 0.598. The van der Waals surface area contributed by atoms with Gasteiger partial charge in [0.1, 0.15) is 0 Å². The van der Waals surface area contributed by atoms with Gasteiger partial charge in [-0.25, -0.2) is 19.4 Å². The van der Waals surface area contributed by atoms with Crippen molar-refractivity contribution in [1.82, 2.24) is 10.7 Å². The summed E-state index contributed by atoms with van der Waals surface area (Å²) in [5.74, 6) is 5.89. The van der Waals surface area contributed by atoms with E-state index in [4.69, 9.17) is 11.0 Å². The summed E-state index contributed by atoms with van der Waals surface area (Å²) in [4.78, 5) is 4.33. The highest BCUT2D eigenvalue weighted by molar-refractivity contribution is 7.89. The highest BCUT2D eigenvalue weighted by Crippen LogP contribution is 2.08. The van der Waals surface area contributed by atoms with Crippen molar-refractivity contribution in [2.45, 2.75) is 24.7 Å². The molecule has 0 saturated carbocycles. The van der Waals surface area contributed by atoms with Crippen molar-refractivity contribution >= 4 is 16.0 Å². The molecular weight excluding hydrogens is 278 g/mol. The molecule has 0 aromatic heterocycles. The Kier molecular flexibility index (Phi) is 6.43. The molecule has 0 radical (unpaired) electrons. The van der Waals surface area contributed by atoms with Crippen molar-refractivity contribution in [3.8, 4) is 0 Å². The lowest BCUT2D eigenvalue weighted by Crippen LogP contribution is -2.42. The SMILES string of the molecule is CCCN=C(NN)NCCc1ccc(S(N)(=O)=O)cc1. The second kappa shape index (κ2) is 7.83. The Bertz CT molecular complexity index is 539. The molecule has 1 aromatic carbocycles. The maximum atomic E-state index is 11.1. The quantitative estimate of drug-likeness (QED) is 0.248. The van der Waals surface area contributed by atoms with E-state index >= 15 is 0 Å². The Hall–Kier alpha value is -1.64. The maximum Gasteiger partial charge on any atom is 0.238 e. The molecule has 0 saturated heterocycles. The number of nitrogens with zero attached hydrogens (tertiary/aromatic N) is 1. The number of aliphatic imine (C=N–C) groups is 1. The molecule has 0 bridgehead atoms. The molecule has 20 heavy (non-hydrogen) atoms. The fourth-order valence-electron chi connectivity index (χ4n) is 1.55. The summed E-state index contributed by atoms with van der Waals surface area (Å²) in [6.45, 7) is 3.38. The third-order valence-corrected chi connectivity index (χ3v) is 3.52. The van der Waals surface area contributed by atoms with E-state index in [1.807, 2.05) is 6.92 Å². The van der Waals surface area contributed by atoms with Gasteiger partial charge in [-0.1, -0.05) is 19.1 Å². The van der Waals surface area contributed by atoms with Crippen molar-refractivity contribution in [3.63, 3.8) is 0 Å². The highest BCUT2D eigenvalue weighted by atomic mass is 32.2. The maximum absolute atomic E-state index is 11.1. The third-order valence-electron chi connectivity index (χ3n) is 2.59. The number of guanidine groups is 1. The molecule has 0 unspecified atom stereocenters. The van der Waals surface area contributed by atoms with Gasteiger partial charge in [-0.15, -0.1) is 0 Å². The lowest BCUT2D eigenvalue weighted by Gasteiger charge is -2.09. The largest absolute Gasteiger partial charge is 0.355 e. The van der Waals surface area contributed by atoms with E-state index in [0.717, 1.165) is 18.4 Å². The number of primary sulfonamides is 1. The predicted molar refractivity (Wildman–Crippen MR) is 79.4 cm³/mol. The van der Waals surface area contributed by atoms with E-state index in [9.17, 15) is 8.42 Å². The average molecular weight is 299 g/mol. The molecule has 0 atom stereocenters. The van der Waals surface area contributed by atoms with Crippen LogP contribution in [0.5, 0.6) is 0 Å². The second-order valence-corrected chi connectivity index (χ2v) is 5.80. The van der Waals surface area contributed by atoms with Crippen LogP contribution in [0, 0.1) is 0 Å². The monoisotopic (exact) mass is 299 g/mol. The number of rotatable bonds is 6. The fourth-order valence-corrected chi connectivity index (χ4v) is 2.06. The molecule has 0 amide bonds. The van der Waals surface area contributed by atoms with Gasteiger partial charge in [-0.2, -0.15) is 0 Å². The molecule has 1 rings (SSSR count). The molecule has 1 aromatic rings. The van der Waals surface area contributed by atoms with Gasteiger partial charge < -0.3 is 5.32 Å². The van der Waals surface area contributed by atoms with E-state index in [1.54, 1.807) is 12.1 Å². The minimum absolute atomic E-state index is 0.114. The molecule has 0 aliphatic rings. The first kappa shape index (κ1) is 16.4. The van der Waals surface area contributed by atoms with Crippen molar-refractivity contribution in [2.75, 3.05) is 13.1 Å². The van der Waals surface area contributed by atoms with E-state index < -0.39 is 10.0 Å². The predicted octanol–water partition coefficient (Wildman–Crippen LogP) is -0.305. The van der Waals surface area contributed by atoms with Crippen molar-refractivity contribution in [2.24, 2.45) is 16.0 Å². The summed E-state index contributed by atoms with van der Waals surface area (Å²) < 4.78 is 22.2. The van der Waals surface area contributed by atoms with Crippen LogP contribution < -0.4 is 21.7 Å². The Labute approximate surface area is 119 Å². The molecule has 7 nitrogen and oxygen atoms in total. The van der Waals surface area contributed by atoms with Crippen LogP contribution in [0.3, 0.4) is 0 Å². The number of nitrogens with two attached hydrogens (primary N) is 2. The Morgan fingerprint density at radius 2 is 1.95 bits per heavy atom. The number of benzene rings is 1. The normalized spacial score (nSPS) is 12.2. The number of hydrazine groups is 1. The van der Waals surface area contributed by atoms with Gasteiger partial charge in [-0.3, -0.25) is 10.4 Å². The van der Waals surface area contributed by atoms with Crippen LogP contribution in [0.2, 0.25) is 0 Å². The van der Waals surface area contributed by atoms with Gasteiger partial charge in [0.25, 0.3) is 0 Å². The molecule has 0 fully saturated rings. The summed E-state index contributed by atoms with van der Waals surface area (Å²) in [5.41, 5.74) is 3.49. The van der Waals surface area contributed by atoms with Crippen molar-refractivity contribution < 1.29 is 8.42 Å². The van der Waals surface area contributed by atoms with E-state index in [0.29, 0.717) is 19.0 Å². The number of hydrogen-bond acceptors (Lipinski definition) is 4. The molecule has 0 spiro atoms. The summed E-state index contributed by atoms with van der Waals surface area (Å²) in [6.07, 6.45) is 1.67. The highest BCUT2D eigenvalue weighted by Gasteiger charge is 2.06. The Balaban J connectivity index is 2.50. The van der Waals surface area contributed by atoms with Crippen molar-refractivity contribution in [3.05, 3.63) is 29.8 Å². The van der Waals surface area contributed by atoms with E-state index in [1.165, 1.54) is 12.1 Å². The second-order valence-electron chi connectivity index (χ2n) is 4.24. The van der Waals surface area contributed by atoms with E-state index in [2.05, 4.69) is 15.7 Å². The minimum Gasteiger partial charge on any atom is -0.355 e.